The number of alkyl halides is 3. The fourth-order valence-corrected chi connectivity index (χ4v) is 2.25. The Morgan fingerprint density at radius 1 is 0.680 bits per heavy atom. The SMILES string of the molecule is Oc1cccc(-c2ccc(Oc3ccc(OC(F)(F)F)cc3)cc2)c1. The molecule has 0 aliphatic carbocycles. The lowest BCUT2D eigenvalue weighted by atomic mass is 10.1. The number of ether oxygens (including phenoxy) is 2. The third kappa shape index (κ3) is 4.67. The van der Waals surface area contributed by atoms with Gasteiger partial charge in [0.05, 0.1) is 0 Å². The van der Waals surface area contributed by atoms with E-state index in [0.29, 0.717) is 11.5 Å². The summed E-state index contributed by atoms with van der Waals surface area (Å²) in [6, 6.07) is 19.1. The van der Waals surface area contributed by atoms with Crippen molar-refractivity contribution >= 4 is 0 Å². The van der Waals surface area contributed by atoms with E-state index in [1.807, 2.05) is 18.2 Å². The minimum Gasteiger partial charge on any atom is -0.508 e. The largest absolute Gasteiger partial charge is 0.573 e. The van der Waals surface area contributed by atoms with E-state index in [4.69, 9.17) is 4.74 Å². The summed E-state index contributed by atoms with van der Waals surface area (Å²) in [5, 5.41) is 9.51. The maximum Gasteiger partial charge on any atom is 0.573 e. The number of hydrogen-bond acceptors (Lipinski definition) is 3. The molecule has 0 amide bonds. The summed E-state index contributed by atoms with van der Waals surface area (Å²) in [6.45, 7) is 0. The minimum absolute atomic E-state index is 0.180. The van der Waals surface area contributed by atoms with Crippen molar-refractivity contribution in [1.29, 1.82) is 0 Å². The standard InChI is InChI=1S/C19H13F3O3/c20-19(21,22)25-18-10-8-17(9-11-18)24-16-6-4-13(5-7-16)14-2-1-3-15(23)12-14/h1-12,23H. The summed E-state index contributed by atoms with van der Waals surface area (Å²) in [4.78, 5) is 0. The summed E-state index contributed by atoms with van der Waals surface area (Å²) in [5.74, 6) is 0.797. The van der Waals surface area contributed by atoms with Crippen LogP contribution in [0.4, 0.5) is 13.2 Å². The van der Waals surface area contributed by atoms with Crippen LogP contribution in [0, 0.1) is 0 Å². The van der Waals surface area contributed by atoms with Crippen LogP contribution in [0.5, 0.6) is 23.0 Å². The van der Waals surface area contributed by atoms with Gasteiger partial charge in [0.25, 0.3) is 0 Å². The van der Waals surface area contributed by atoms with Crippen LogP contribution >= 0.6 is 0 Å². The Hall–Kier alpha value is -3.15. The van der Waals surface area contributed by atoms with Gasteiger partial charge in [-0.2, -0.15) is 0 Å². The molecule has 0 saturated heterocycles. The maximum absolute atomic E-state index is 12.1. The van der Waals surface area contributed by atoms with Crippen LogP contribution in [-0.4, -0.2) is 11.5 Å². The molecule has 3 rings (SSSR count). The van der Waals surface area contributed by atoms with Crippen molar-refractivity contribution in [3.8, 4) is 34.1 Å². The van der Waals surface area contributed by atoms with E-state index in [-0.39, 0.29) is 11.5 Å². The highest BCUT2D eigenvalue weighted by molar-refractivity contribution is 5.65. The van der Waals surface area contributed by atoms with Crippen LogP contribution in [0.2, 0.25) is 0 Å². The third-order valence-electron chi connectivity index (χ3n) is 3.33. The van der Waals surface area contributed by atoms with Gasteiger partial charge in [-0.3, -0.25) is 0 Å². The molecule has 0 aliphatic heterocycles. The van der Waals surface area contributed by atoms with E-state index in [2.05, 4.69) is 4.74 Å². The molecule has 0 fully saturated rings. The highest BCUT2D eigenvalue weighted by atomic mass is 19.4. The first-order valence-electron chi connectivity index (χ1n) is 7.32. The summed E-state index contributed by atoms with van der Waals surface area (Å²) < 4.78 is 45.8. The van der Waals surface area contributed by atoms with Crippen molar-refractivity contribution in [2.24, 2.45) is 0 Å². The maximum atomic E-state index is 12.1. The van der Waals surface area contributed by atoms with Crippen molar-refractivity contribution < 1.29 is 27.8 Å². The van der Waals surface area contributed by atoms with Crippen molar-refractivity contribution in [2.75, 3.05) is 0 Å². The number of phenols is 1. The van der Waals surface area contributed by atoms with E-state index in [0.717, 1.165) is 11.1 Å². The molecular weight excluding hydrogens is 333 g/mol. The Morgan fingerprint density at radius 3 is 1.80 bits per heavy atom. The lowest BCUT2D eigenvalue weighted by molar-refractivity contribution is -0.274. The van der Waals surface area contributed by atoms with Crippen LogP contribution in [0.25, 0.3) is 11.1 Å². The first-order chi connectivity index (χ1) is 11.9. The van der Waals surface area contributed by atoms with Gasteiger partial charge >= 0.3 is 6.36 Å². The quantitative estimate of drug-likeness (QED) is 0.654. The average Bonchev–Trinajstić information content (AvgIpc) is 2.56. The minimum atomic E-state index is -4.72. The monoisotopic (exact) mass is 346 g/mol. The van der Waals surface area contributed by atoms with Crippen LogP contribution in [0.1, 0.15) is 0 Å². The van der Waals surface area contributed by atoms with Gasteiger partial charge in [0.15, 0.2) is 0 Å². The Kier molecular flexibility index (Phi) is 4.52. The zero-order valence-electron chi connectivity index (χ0n) is 12.8. The molecule has 0 bridgehead atoms. The molecule has 3 aromatic rings. The van der Waals surface area contributed by atoms with Gasteiger partial charge in [-0.25, -0.2) is 0 Å². The second kappa shape index (κ2) is 6.76. The van der Waals surface area contributed by atoms with E-state index in [1.54, 1.807) is 30.3 Å². The van der Waals surface area contributed by atoms with Crippen LogP contribution in [-0.2, 0) is 0 Å². The van der Waals surface area contributed by atoms with Gasteiger partial charge in [0.1, 0.15) is 23.0 Å². The average molecular weight is 346 g/mol. The van der Waals surface area contributed by atoms with Gasteiger partial charge in [0, 0.05) is 0 Å². The second-order valence-corrected chi connectivity index (χ2v) is 5.20. The molecule has 0 saturated carbocycles. The molecule has 0 atom stereocenters. The van der Waals surface area contributed by atoms with Crippen LogP contribution in [0.3, 0.4) is 0 Å². The predicted octanol–water partition coefficient (Wildman–Crippen LogP) is 5.75. The molecule has 0 heterocycles. The molecule has 3 nitrogen and oxygen atoms in total. The lowest BCUT2D eigenvalue weighted by Crippen LogP contribution is -2.16. The summed E-state index contributed by atoms with van der Waals surface area (Å²) in [7, 11) is 0. The second-order valence-electron chi connectivity index (χ2n) is 5.20. The first kappa shape index (κ1) is 16.7. The van der Waals surface area contributed by atoms with Crippen LogP contribution in [0.15, 0.2) is 72.8 Å². The fraction of sp³-hybridized carbons (Fsp3) is 0.0526. The molecule has 6 heteroatoms. The Labute approximate surface area is 141 Å². The highest BCUT2D eigenvalue weighted by Crippen LogP contribution is 2.29. The van der Waals surface area contributed by atoms with Crippen molar-refractivity contribution in [1.82, 2.24) is 0 Å². The molecule has 0 aromatic heterocycles. The van der Waals surface area contributed by atoms with Gasteiger partial charge in [0.2, 0.25) is 0 Å². The van der Waals surface area contributed by atoms with Crippen molar-refractivity contribution in [3.05, 3.63) is 72.8 Å². The zero-order chi connectivity index (χ0) is 17.9. The first-order valence-corrected chi connectivity index (χ1v) is 7.32. The summed E-state index contributed by atoms with van der Waals surface area (Å²) in [6.07, 6.45) is -4.72. The number of hydrogen-bond donors (Lipinski definition) is 1. The molecule has 0 radical (unpaired) electrons. The fourth-order valence-electron chi connectivity index (χ4n) is 2.25. The smallest absolute Gasteiger partial charge is 0.508 e. The molecule has 25 heavy (non-hydrogen) atoms. The van der Waals surface area contributed by atoms with Gasteiger partial charge in [-0.05, 0) is 59.7 Å². The Balaban J connectivity index is 1.69. The van der Waals surface area contributed by atoms with E-state index in [9.17, 15) is 18.3 Å². The summed E-state index contributed by atoms with van der Waals surface area (Å²) in [5.41, 5.74) is 1.76. The van der Waals surface area contributed by atoms with Crippen molar-refractivity contribution in [3.63, 3.8) is 0 Å². The molecule has 0 spiro atoms. The predicted molar refractivity (Wildman–Crippen MR) is 86.7 cm³/mol. The molecule has 128 valence electrons. The molecule has 3 aromatic carbocycles. The zero-order valence-corrected chi connectivity index (χ0v) is 12.8. The van der Waals surface area contributed by atoms with Crippen molar-refractivity contribution in [2.45, 2.75) is 6.36 Å². The number of aromatic hydroxyl groups is 1. The van der Waals surface area contributed by atoms with Gasteiger partial charge in [-0.15, -0.1) is 13.2 Å². The van der Waals surface area contributed by atoms with Gasteiger partial charge < -0.3 is 14.6 Å². The topological polar surface area (TPSA) is 38.7 Å². The summed E-state index contributed by atoms with van der Waals surface area (Å²) >= 11 is 0. The third-order valence-corrected chi connectivity index (χ3v) is 3.33. The van der Waals surface area contributed by atoms with E-state index in [1.165, 1.54) is 24.3 Å². The lowest BCUT2D eigenvalue weighted by Gasteiger charge is -2.10. The number of benzene rings is 3. The van der Waals surface area contributed by atoms with Gasteiger partial charge in [-0.1, -0.05) is 24.3 Å². The highest BCUT2D eigenvalue weighted by Gasteiger charge is 2.30. The number of phenolic OH excluding ortho intramolecular Hbond substituents is 1. The number of rotatable bonds is 4. The molecule has 1 N–H and O–H groups in total. The van der Waals surface area contributed by atoms with Crippen LogP contribution < -0.4 is 9.47 Å². The molecular formula is C19H13F3O3. The molecule has 0 unspecified atom stereocenters. The number of halogens is 3. The molecule has 0 aliphatic rings. The van der Waals surface area contributed by atoms with E-state index < -0.39 is 6.36 Å². The Bertz CT molecular complexity index is 841. The Morgan fingerprint density at radius 2 is 1.24 bits per heavy atom. The van der Waals surface area contributed by atoms with E-state index >= 15 is 0 Å². The normalized spacial score (nSPS) is 11.2.